The lowest BCUT2D eigenvalue weighted by Crippen LogP contribution is -2.16. The largest absolute Gasteiger partial charge is 0.477 e. The predicted octanol–water partition coefficient (Wildman–Crippen LogP) is 5.07. The van der Waals surface area contributed by atoms with Gasteiger partial charge in [0.25, 0.3) is 0 Å². The highest BCUT2D eigenvalue weighted by atomic mass is 32.1. The number of anilines is 1. The number of carbonyl (C=O) groups is 1. The molecule has 2 N–H and O–H groups in total. The Kier molecular flexibility index (Phi) is 5.13. The lowest BCUT2D eigenvalue weighted by Gasteiger charge is -2.16. The zero-order valence-electron chi connectivity index (χ0n) is 17.0. The van der Waals surface area contributed by atoms with E-state index in [4.69, 9.17) is 12.2 Å². The summed E-state index contributed by atoms with van der Waals surface area (Å²) < 4.78 is 3.50. The molecule has 0 aliphatic carbocycles. The van der Waals surface area contributed by atoms with Crippen molar-refractivity contribution in [1.29, 1.82) is 0 Å². The Morgan fingerprint density at radius 3 is 2.57 bits per heavy atom. The quantitative estimate of drug-likeness (QED) is 0.338. The minimum atomic E-state index is -1.03. The second-order valence-corrected chi connectivity index (χ2v) is 7.95. The highest BCUT2D eigenvalue weighted by molar-refractivity contribution is 7.80. The van der Waals surface area contributed by atoms with Gasteiger partial charge in [0.05, 0.1) is 22.9 Å². The van der Waals surface area contributed by atoms with E-state index in [1.165, 1.54) is 16.3 Å². The van der Waals surface area contributed by atoms with Crippen molar-refractivity contribution < 1.29 is 9.90 Å². The molecule has 7 heteroatoms. The van der Waals surface area contributed by atoms with Crippen molar-refractivity contribution in [2.45, 2.75) is 26.8 Å². The van der Waals surface area contributed by atoms with Gasteiger partial charge in [0, 0.05) is 16.4 Å². The number of aryl methyl sites for hydroxylation is 1. The first-order chi connectivity index (χ1) is 14.3. The number of nitrogens with one attached hydrogen (secondary N) is 1. The summed E-state index contributed by atoms with van der Waals surface area (Å²) in [5, 5.41) is 15.1. The Morgan fingerprint density at radius 2 is 1.90 bits per heavy atom. The summed E-state index contributed by atoms with van der Waals surface area (Å²) in [4.78, 5) is 12.3. The maximum atomic E-state index is 11.8. The number of rotatable bonds is 6. The molecule has 2 heterocycles. The zero-order chi connectivity index (χ0) is 21.4. The van der Waals surface area contributed by atoms with Gasteiger partial charge in [-0.05, 0) is 56.7 Å². The van der Waals surface area contributed by atoms with Crippen molar-refractivity contribution in [2.24, 2.45) is 0 Å². The normalized spacial score (nSPS) is 12.1. The molecule has 1 atom stereocenters. The summed E-state index contributed by atoms with van der Waals surface area (Å²) in [6, 6.07) is 17.5. The van der Waals surface area contributed by atoms with Crippen molar-refractivity contribution in [3.63, 3.8) is 0 Å². The molecule has 6 nitrogen and oxygen atoms in total. The number of hydrogen-bond acceptors (Lipinski definition) is 4. The Labute approximate surface area is 179 Å². The van der Waals surface area contributed by atoms with Crippen LogP contribution in [0.1, 0.15) is 47.2 Å². The first-order valence-corrected chi connectivity index (χ1v) is 10.0. The molecule has 0 bridgehead atoms. The third-order valence-corrected chi connectivity index (χ3v) is 5.41. The monoisotopic (exact) mass is 418 g/mol. The molecule has 4 aromatic rings. The molecule has 4 rings (SSSR count). The maximum Gasteiger partial charge on any atom is 0.354 e. The number of fused-ring (bicyclic) bond motifs is 1. The summed E-state index contributed by atoms with van der Waals surface area (Å²) in [5.74, 6) is -1.03. The number of carboxylic acids is 1. The standard InChI is InChI=1S/C23H22N4O2S/c1-14-7-9-17(10-8-14)24-26-12-11-19-18(5-4-6-21(19)26)15(2)27-22(23(28)29)13-20(25-27)16(3)30/h4-13,15,24H,1-3H3,(H,28,29). The van der Waals surface area contributed by atoms with Crippen LogP contribution >= 0.6 is 12.2 Å². The van der Waals surface area contributed by atoms with Gasteiger partial charge in [-0.15, -0.1) is 0 Å². The molecule has 152 valence electrons. The van der Waals surface area contributed by atoms with Gasteiger partial charge in [-0.3, -0.25) is 14.8 Å². The van der Waals surface area contributed by atoms with Gasteiger partial charge < -0.3 is 5.11 Å². The average molecular weight is 419 g/mol. The van der Waals surface area contributed by atoms with Gasteiger partial charge >= 0.3 is 5.97 Å². The minimum Gasteiger partial charge on any atom is -0.477 e. The van der Waals surface area contributed by atoms with Crippen molar-refractivity contribution in [2.75, 3.05) is 5.43 Å². The number of benzene rings is 2. The smallest absolute Gasteiger partial charge is 0.354 e. The zero-order valence-corrected chi connectivity index (χ0v) is 17.8. The number of aromatic nitrogens is 3. The number of nitrogens with zero attached hydrogens (tertiary/aromatic N) is 3. The molecule has 0 saturated heterocycles. The molecular formula is C23H22N4O2S. The lowest BCUT2D eigenvalue weighted by atomic mass is 10.0. The van der Waals surface area contributed by atoms with Crippen LogP contribution in [-0.2, 0) is 0 Å². The van der Waals surface area contributed by atoms with Crippen LogP contribution in [0.4, 0.5) is 5.69 Å². The van der Waals surface area contributed by atoms with Crippen LogP contribution in [0.5, 0.6) is 0 Å². The molecule has 0 fully saturated rings. The van der Waals surface area contributed by atoms with E-state index in [1.54, 1.807) is 6.92 Å². The second kappa shape index (κ2) is 7.76. The van der Waals surface area contributed by atoms with Crippen LogP contribution in [0.3, 0.4) is 0 Å². The predicted molar refractivity (Wildman–Crippen MR) is 123 cm³/mol. The number of thiocarbonyl (C=S) groups is 1. The minimum absolute atomic E-state index is 0.121. The highest BCUT2D eigenvalue weighted by Crippen LogP contribution is 2.29. The maximum absolute atomic E-state index is 11.8. The van der Waals surface area contributed by atoms with Crippen molar-refractivity contribution in [1.82, 2.24) is 14.5 Å². The van der Waals surface area contributed by atoms with E-state index in [0.717, 1.165) is 22.2 Å². The topological polar surface area (TPSA) is 72.1 Å². The fraction of sp³-hybridized carbons (Fsp3) is 0.174. The van der Waals surface area contributed by atoms with E-state index in [-0.39, 0.29) is 11.7 Å². The molecule has 0 aliphatic rings. The number of aromatic carboxylic acids is 1. The molecule has 1 unspecified atom stereocenters. The number of hydrogen-bond donors (Lipinski definition) is 2. The summed E-state index contributed by atoms with van der Waals surface area (Å²) in [6.07, 6.45) is 1.97. The fourth-order valence-electron chi connectivity index (χ4n) is 3.57. The molecule has 0 radical (unpaired) electrons. The van der Waals surface area contributed by atoms with Crippen LogP contribution in [0.25, 0.3) is 10.9 Å². The van der Waals surface area contributed by atoms with Gasteiger partial charge in [0.2, 0.25) is 0 Å². The van der Waals surface area contributed by atoms with Crippen LogP contribution in [-0.4, -0.2) is 30.4 Å². The average Bonchev–Trinajstić information content (AvgIpc) is 3.34. The Hall–Kier alpha value is -3.45. The summed E-state index contributed by atoms with van der Waals surface area (Å²) >= 11 is 5.19. The third kappa shape index (κ3) is 3.59. The molecule has 0 spiro atoms. The number of carboxylic acid groups (broad SMARTS) is 1. The lowest BCUT2D eigenvalue weighted by molar-refractivity contribution is 0.0682. The third-order valence-electron chi connectivity index (χ3n) is 5.20. The van der Waals surface area contributed by atoms with E-state index in [2.05, 4.69) is 29.6 Å². The summed E-state index contributed by atoms with van der Waals surface area (Å²) in [6.45, 7) is 5.75. The van der Waals surface area contributed by atoms with Crippen LogP contribution < -0.4 is 5.43 Å². The van der Waals surface area contributed by atoms with E-state index in [9.17, 15) is 9.90 Å². The molecule has 0 aliphatic heterocycles. The molecule has 30 heavy (non-hydrogen) atoms. The Balaban J connectivity index is 1.75. The fourth-order valence-corrected chi connectivity index (χ4v) is 3.67. The van der Waals surface area contributed by atoms with Gasteiger partial charge in [-0.2, -0.15) is 5.10 Å². The van der Waals surface area contributed by atoms with Crippen LogP contribution in [0.2, 0.25) is 0 Å². The van der Waals surface area contributed by atoms with Crippen molar-refractivity contribution in [3.8, 4) is 0 Å². The molecule has 0 saturated carbocycles. The highest BCUT2D eigenvalue weighted by Gasteiger charge is 2.22. The van der Waals surface area contributed by atoms with Gasteiger partial charge in [-0.25, -0.2) is 4.79 Å². The van der Waals surface area contributed by atoms with E-state index >= 15 is 0 Å². The van der Waals surface area contributed by atoms with Crippen molar-refractivity contribution in [3.05, 3.63) is 83.3 Å². The SMILES string of the molecule is CC(=S)c1cc(C(=O)O)n(C(C)c2cccc3c2ccn3Nc2ccc(C)cc2)n1. The molecule has 2 aromatic carbocycles. The Morgan fingerprint density at radius 1 is 1.17 bits per heavy atom. The van der Waals surface area contributed by atoms with Crippen LogP contribution in [0.15, 0.2) is 60.8 Å². The summed E-state index contributed by atoms with van der Waals surface area (Å²) in [7, 11) is 0. The molecular weight excluding hydrogens is 396 g/mol. The first kappa shape index (κ1) is 19.8. The molecule has 0 amide bonds. The van der Waals surface area contributed by atoms with E-state index < -0.39 is 5.97 Å². The second-order valence-electron chi connectivity index (χ2n) is 7.34. The molecule has 2 aromatic heterocycles. The van der Waals surface area contributed by atoms with Gasteiger partial charge in [0.15, 0.2) is 0 Å². The van der Waals surface area contributed by atoms with E-state index in [1.807, 2.05) is 54.2 Å². The summed E-state index contributed by atoms with van der Waals surface area (Å²) in [5.41, 5.74) is 8.19. The van der Waals surface area contributed by atoms with Crippen molar-refractivity contribution >= 4 is 39.6 Å². The Bertz CT molecular complexity index is 1250. The van der Waals surface area contributed by atoms with Gasteiger partial charge in [-0.1, -0.05) is 42.0 Å². The van der Waals surface area contributed by atoms with E-state index in [0.29, 0.717) is 10.6 Å². The van der Waals surface area contributed by atoms with Gasteiger partial charge in [0.1, 0.15) is 5.69 Å². The first-order valence-electron chi connectivity index (χ1n) is 9.62. The van der Waals surface area contributed by atoms with Crippen LogP contribution in [0, 0.1) is 6.92 Å².